The lowest BCUT2D eigenvalue weighted by Crippen LogP contribution is -2.12. The van der Waals surface area contributed by atoms with Crippen LogP contribution in [0.4, 0.5) is 4.39 Å². The fourth-order valence-electron chi connectivity index (χ4n) is 3.92. The number of aryl methyl sites for hydroxylation is 1. The van der Waals surface area contributed by atoms with Crippen molar-refractivity contribution in [1.29, 1.82) is 0 Å². The number of fused-ring (bicyclic) bond motifs is 1. The molecule has 0 amide bonds. The molecule has 0 spiro atoms. The van der Waals surface area contributed by atoms with Crippen molar-refractivity contribution in [3.05, 3.63) is 89.1 Å². The third-order valence-corrected chi connectivity index (χ3v) is 7.87. The predicted octanol–water partition coefficient (Wildman–Crippen LogP) is 6.12. The third kappa shape index (κ3) is 3.51. The Morgan fingerprint density at radius 1 is 1.00 bits per heavy atom. The number of ether oxygens (including phenoxy) is 1. The number of aromatic nitrogens is 2. The average Bonchev–Trinajstić information content (AvgIpc) is 3.48. The molecular formula is C25H19FN2O3S2. The highest BCUT2D eigenvalue weighted by Gasteiger charge is 2.26. The second-order valence-corrected chi connectivity index (χ2v) is 10.1. The molecule has 0 aliphatic heterocycles. The number of pyridine rings is 1. The fourth-order valence-corrected chi connectivity index (χ4v) is 5.90. The van der Waals surface area contributed by atoms with Gasteiger partial charge in [0.2, 0.25) is 0 Å². The minimum absolute atomic E-state index is 0.0457. The first kappa shape index (κ1) is 21.4. The average molecular weight is 479 g/mol. The van der Waals surface area contributed by atoms with Crippen molar-refractivity contribution >= 4 is 32.4 Å². The minimum atomic E-state index is -3.96. The van der Waals surface area contributed by atoms with Crippen LogP contribution in [0.15, 0.2) is 82.6 Å². The summed E-state index contributed by atoms with van der Waals surface area (Å²) in [5.41, 5.74) is 3.92. The Bertz CT molecular complexity index is 1570. The van der Waals surface area contributed by atoms with Crippen LogP contribution in [0.5, 0.6) is 5.75 Å². The van der Waals surface area contributed by atoms with Gasteiger partial charge in [-0.05, 0) is 59.1 Å². The van der Waals surface area contributed by atoms with Gasteiger partial charge in [0, 0.05) is 28.9 Å². The molecule has 0 bridgehead atoms. The minimum Gasteiger partial charge on any atom is -0.493 e. The van der Waals surface area contributed by atoms with Crippen LogP contribution in [-0.2, 0) is 10.0 Å². The van der Waals surface area contributed by atoms with Gasteiger partial charge >= 0.3 is 0 Å². The highest BCUT2D eigenvalue weighted by atomic mass is 32.2. The monoisotopic (exact) mass is 478 g/mol. The molecule has 0 saturated heterocycles. The van der Waals surface area contributed by atoms with Crippen molar-refractivity contribution in [1.82, 2.24) is 8.96 Å². The molecule has 0 unspecified atom stereocenters. The Balaban J connectivity index is 1.88. The highest BCUT2D eigenvalue weighted by Crippen LogP contribution is 2.42. The first-order valence-electron chi connectivity index (χ1n) is 10.1. The number of halogens is 1. The molecule has 33 heavy (non-hydrogen) atoms. The van der Waals surface area contributed by atoms with Crippen LogP contribution in [-0.4, -0.2) is 24.5 Å². The summed E-state index contributed by atoms with van der Waals surface area (Å²) in [7, 11) is -2.57. The van der Waals surface area contributed by atoms with E-state index in [1.807, 2.05) is 29.8 Å². The third-order valence-electron chi connectivity index (χ3n) is 5.53. The topological polar surface area (TPSA) is 61.2 Å². The molecular weight excluding hydrogens is 459 g/mol. The van der Waals surface area contributed by atoms with Gasteiger partial charge < -0.3 is 4.74 Å². The van der Waals surface area contributed by atoms with Gasteiger partial charge in [-0.2, -0.15) is 11.3 Å². The fraction of sp³-hybridized carbons (Fsp3) is 0.0800. The molecule has 0 radical (unpaired) electrons. The zero-order valence-electron chi connectivity index (χ0n) is 17.8. The molecule has 2 aromatic carbocycles. The maximum atomic E-state index is 14.6. The Hall–Kier alpha value is -3.49. The summed E-state index contributed by atoms with van der Waals surface area (Å²) >= 11 is 1.54. The van der Waals surface area contributed by atoms with Crippen molar-refractivity contribution in [3.63, 3.8) is 0 Å². The van der Waals surface area contributed by atoms with Crippen LogP contribution in [0.3, 0.4) is 0 Å². The number of thiophene rings is 1. The van der Waals surface area contributed by atoms with Crippen LogP contribution in [0.2, 0.25) is 0 Å². The SMILES string of the molecule is COc1c(F)cccc1-c1cn(S(=O)(=O)c2ccc(C)cc2)c2nccc(-c3ccsc3)c12. The molecule has 5 nitrogen and oxygen atoms in total. The lowest BCUT2D eigenvalue weighted by atomic mass is 9.99. The molecule has 3 aromatic heterocycles. The molecule has 5 rings (SSSR count). The predicted molar refractivity (Wildman–Crippen MR) is 129 cm³/mol. The number of rotatable bonds is 5. The van der Waals surface area contributed by atoms with E-state index in [0.717, 1.165) is 16.7 Å². The van der Waals surface area contributed by atoms with Gasteiger partial charge in [0.05, 0.1) is 12.0 Å². The van der Waals surface area contributed by atoms with Crippen LogP contribution in [0.25, 0.3) is 33.3 Å². The Kier molecular flexibility index (Phi) is 5.26. The molecule has 0 aliphatic carbocycles. The quantitative estimate of drug-likeness (QED) is 0.305. The number of methoxy groups -OCH3 is 1. The summed E-state index contributed by atoms with van der Waals surface area (Å²) in [5, 5.41) is 4.53. The van der Waals surface area contributed by atoms with Crippen LogP contribution in [0, 0.1) is 12.7 Å². The van der Waals surface area contributed by atoms with Crippen LogP contribution >= 0.6 is 11.3 Å². The highest BCUT2D eigenvalue weighted by molar-refractivity contribution is 7.90. The van der Waals surface area contributed by atoms with Gasteiger partial charge in [0.1, 0.15) is 0 Å². The van der Waals surface area contributed by atoms with Gasteiger partial charge in [-0.1, -0.05) is 29.8 Å². The van der Waals surface area contributed by atoms with Crippen molar-refractivity contribution in [2.45, 2.75) is 11.8 Å². The van der Waals surface area contributed by atoms with E-state index < -0.39 is 15.8 Å². The van der Waals surface area contributed by atoms with Crippen molar-refractivity contribution < 1.29 is 17.5 Å². The summed E-state index contributed by atoms with van der Waals surface area (Å²) < 4.78 is 48.4. The van der Waals surface area contributed by atoms with E-state index in [2.05, 4.69) is 4.98 Å². The normalized spacial score (nSPS) is 11.7. The summed E-state index contributed by atoms with van der Waals surface area (Å²) in [5.74, 6) is -0.484. The Morgan fingerprint density at radius 3 is 2.48 bits per heavy atom. The maximum absolute atomic E-state index is 14.6. The summed E-state index contributed by atoms with van der Waals surface area (Å²) in [6.07, 6.45) is 3.09. The van der Waals surface area contributed by atoms with Gasteiger partial charge in [0.15, 0.2) is 17.2 Å². The van der Waals surface area contributed by atoms with Gasteiger partial charge in [-0.15, -0.1) is 0 Å². The zero-order chi connectivity index (χ0) is 23.2. The van der Waals surface area contributed by atoms with Crippen LogP contribution < -0.4 is 4.74 Å². The number of para-hydroxylation sites is 1. The second-order valence-electron chi connectivity index (χ2n) is 7.55. The standard InChI is InChI=1S/C25H19FN2O3S2/c1-16-6-8-18(9-7-16)33(29,30)28-14-21(20-4-3-5-22(26)24(20)31-2)23-19(10-12-27-25(23)28)17-11-13-32-15-17/h3-15H,1-2H3. The van der Waals surface area contributed by atoms with Crippen LogP contribution in [0.1, 0.15) is 5.56 Å². The van der Waals surface area contributed by atoms with Gasteiger partial charge in [0.25, 0.3) is 10.0 Å². The van der Waals surface area contributed by atoms with E-state index >= 15 is 0 Å². The maximum Gasteiger partial charge on any atom is 0.269 e. The van der Waals surface area contributed by atoms with E-state index in [4.69, 9.17) is 4.74 Å². The van der Waals surface area contributed by atoms with E-state index in [1.54, 1.807) is 42.6 Å². The smallest absolute Gasteiger partial charge is 0.269 e. The van der Waals surface area contributed by atoms with Crippen molar-refractivity contribution in [3.8, 4) is 28.0 Å². The van der Waals surface area contributed by atoms with Crippen molar-refractivity contribution in [2.75, 3.05) is 7.11 Å². The Labute approximate surface area is 194 Å². The summed E-state index contributed by atoms with van der Waals surface area (Å²) in [6, 6.07) is 15.0. The van der Waals surface area contributed by atoms with E-state index in [9.17, 15) is 12.8 Å². The lowest BCUT2D eigenvalue weighted by molar-refractivity contribution is 0.388. The first-order chi connectivity index (χ1) is 15.9. The first-order valence-corrected chi connectivity index (χ1v) is 12.5. The molecule has 3 heterocycles. The number of hydrogen-bond donors (Lipinski definition) is 0. The second kappa shape index (κ2) is 8.13. The van der Waals surface area contributed by atoms with E-state index in [1.165, 1.54) is 34.7 Å². The lowest BCUT2D eigenvalue weighted by Gasteiger charge is -2.10. The largest absolute Gasteiger partial charge is 0.493 e. The number of benzene rings is 2. The molecule has 0 saturated carbocycles. The summed E-state index contributed by atoms with van der Waals surface area (Å²) in [4.78, 5) is 4.58. The Morgan fingerprint density at radius 2 is 1.79 bits per heavy atom. The molecule has 5 aromatic rings. The molecule has 0 N–H and O–H groups in total. The van der Waals surface area contributed by atoms with Gasteiger partial charge in [-0.3, -0.25) is 0 Å². The molecule has 8 heteroatoms. The molecule has 0 atom stereocenters. The van der Waals surface area contributed by atoms with E-state index in [0.29, 0.717) is 16.5 Å². The molecule has 166 valence electrons. The number of hydrogen-bond acceptors (Lipinski definition) is 5. The summed E-state index contributed by atoms with van der Waals surface area (Å²) in [6.45, 7) is 1.89. The van der Waals surface area contributed by atoms with Gasteiger partial charge in [-0.25, -0.2) is 21.8 Å². The molecule has 0 fully saturated rings. The number of nitrogens with zero attached hydrogens (tertiary/aromatic N) is 2. The van der Waals surface area contributed by atoms with Crippen molar-refractivity contribution in [2.24, 2.45) is 0 Å². The zero-order valence-corrected chi connectivity index (χ0v) is 19.5. The molecule has 0 aliphatic rings. The van der Waals surface area contributed by atoms with E-state index in [-0.39, 0.29) is 16.3 Å².